The van der Waals surface area contributed by atoms with Crippen molar-refractivity contribution in [3.63, 3.8) is 0 Å². The van der Waals surface area contributed by atoms with E-state index < -0.39 is 0 Å². The minimum Gasteiger partial charge on any atom is -0.375 e. The van der Waals surface area contributed by atoms with Crippen LogP contribution in [0.5, 0.6) is 0 Å². The molecule has 0 amide bonds. The van der Waals surface area contributed by atoms with E-state index in [4.69, 9.17) is 0 Å². The first kappa shape index (κ1) is 15.9. The van der Waals surface area contributed by atoms with Gasteiger partial charge in [-0.15, -0.1) is 0 Å². The molecule has 0 aromatic heterocycles. The second-order valence-electron chi connectivity index (χ2n) is 7.55. The molecule has 2 aromatic carbocycles. The highest BCUT2D eigenvalue weighted by molar-refractivity contribution is 5.90. The Morgan fingerprint density at radius 3 is 2.44 bits per heavy atom. The van der Waals surface area contributed by atoms with Gasteiger partial charge in [0.1, 0.15) is 11.6 Å². The molecule has 2 N–H and O–H groups in total. The first-order chi connectivity index (χ1) is 11.9. The highest BCUT2D eigenvalue weighted by atomic mass is 19.1. The van der Waals surface area contributed by atoms with Gasteiger partial charge in [0.25, 0.3) is 0 Å². The van der Waals surface area contributed by atoms with Crippen LogP contribution in [0.2, 0.25) is 0 Å². The van der Waals surface area contributed by atoms with E-state index in [1.165, 1.54) is 12.1 Å². The van der Waals surface area contributed by atoms with Crippen molar-refractivity contribution in [3.05, 3.63) is 71.7 Å². The molecule has 1 heterocycles. The third kappa shape index (κ3) is 2.93. The molecule has 4 rings (SSSR count). The molecule has 0 saturated carbocycles. The van der Waals surface area contributed by atoms with Crippen LogP contribution in [0.15, 0.2) is 60.3 Å². The van der Waals surface area contributed by atoms with Crippen molar-refractivity contribution in [1.82, 2.24) is 0 Å². The van der Waals surface area contributed by atoms with Crippen molar-refractivity contribution in [1.29, 1.82) is 0 Å². The predicted molar refractivity (Wildman–Crippen MR) is 97.8 cm³/mol. The van der Waals surface area contributed by atoms with Crippen LogP contribution in [0.25, 0.3) is 0 Å². The number of hydrogen-bond donors (Lipinski definition) is 2. The van der Waals surface area contributed by atoms with Gasteiger partial charge in [-0.3, -0.25) is 4.79 Å². The number of nitrogens with one attached hydrogen (secondary N) is 2. The molecule has 2 unspecified atom stereocenters. The summed E-state index contributed by atoms with van der Waals surface area (Å²) in [5, 5.41) is 6.97. The summed E-state index contributed by atoms with van der Waals surface area (Å²) in [7, 11) is 0. The van der Waals surface area contributed by atoms with Gasteiger partial charge in [0.05, 0.1) is 23.3 Å². The van der Waals surface area contributed by atoms with E-state index in [2.05, 4.69) is 30.6 Å². The van der Waals surface area contributed by atoms with Crippen LogP contribution in [-0.2, 0) is 4.79 Å². The number of hydrogen-bond acceptors (Lipinski definition) is 3. The van der Waals surface area contributed by atoms with E-state index >= 15 is 0 Å². The van der Waals surface area contributed by atoms with Gasteiger partial charge in [-0.05, 0) is 35.2 Å². The Labute approximate surface area is 146 Å². The van der Waals surface area contributed by atoms with Crippen molar-refractivity contribution >= 4 is 17.2 Å². The first-order valence-electron chi connectivity index (χ1n) is 8.56. The maximum atomic E-state index is 13.4. The molecule has 128 valence electrons. The number of carbonyl (C=O) groups excluding carboxylic acids is 1. The van der Waals surface area contributed by atoms with Gasteiger partial charge in [-0.2, -0.15) is 0 Å². The number of rotatable bonds is 1. The van der Waals surface area contributed by atoms with Crippen molar-refractivity contribution < 1.29 is 9.18 Å². The number of halogens is 1. The van der Waals surface area contributed by atoms with Gasteiger partial charge in [-0.1, -0.05) is 44.2 Å². The summed E-state index contributed by atoms with van der Waals surface area (Å²) in [5.74, 6) is -0.390. The minimum absolute atomic E-state index is 0.178. The number of para-hydroxylation sites is 2. The Balaban J connectivity index is 1.87. The second-order valence-corrected chi connectivity index (χ2v) is 7.55. The van der Waals surface area contributed by atoms with Gasteiger partial charge in [0.2, 0.25) is 0 Å². The number of benzene rings is 2. The van der Waals surface area contributed by atoms with Crippen molar-refractivity contribution in [2.75, 3.05) is 10.6 Å². The molecular weight excluding hydrogens is 315 g/mol. The Morgan fingerprint density at radius 2 is 1.72 bits per heavy atom. The fourth-order valence-electron chi connectivity index (χ4n) is 3.84. The quantitative estimate of drug-likeness (QED) is 0.778. The van der Waals surface area contributed by atoms with Crippen LogP contribution in [0, 0.1) is 17.2 Å². The number of fused-ring (bicyclic) bond motifs is 2. The number of ketones is 1. The molecule has 0 bridgehead atoms. The monoisotopic (exact) mass is 336 g/mol. The van der Waals surface area contributed by atoms with E-state index in [1.54, 1.807) is 12.1 Å². The lowest BCUT2D eigenvalue weighted by Gasteiger charge is -2.35. The van der Waals surface area contributed by atoms with Crippen LogP contribution in [0.4, 0.5) is 15.8 Å². The number of anilines is 2. The molecule has 0 spiro atoms. The number of allylic oxidation sites excluding steroid dienone is 1. The summed E-state index contributed by atoms with van der Waals surface area (Å²) in [6.07, 6.45) is 2.66. The SMILES string of the molecule is CC1(C)C=C2Nc3ccccc3NC(c3ccc(F)cc3)C2C(=O)C1. The lowest BCUT2D eigenvalue weighted by Crippen LogP contribution is -2.36. The molecule has 1 aliphatic carbocycles. The third-order valence-corrected chi connectivity index (χ3v) is 4.94. The molecule has 0 saturated heterocycles. The molecule has 0 fully saturated rings. The highest BCUT2D eigenvalue weighted by Gasteiger charge is 2.41. The van der Waals surface area contributed by atoms with Crippen LogP contribution >= 0.6 is 0 Å². The van der Waals surface area contributed by atoms with Gasteiger partial charge in [0, 0.05) is 12.1 Å². The maximum absolute atomic E-state index is 13.4. The third-order valence-electron chi connectivity index (χ3n) is 4.94. The average molecular weight is 336 g/mol. The largest absolute Gasteiger partial charge is 0.375 e. The normalized spacial score (nSPS) is 24.1. The number of Topliss-reactive ketones (excluding diaryl/α,β-unsaturated/α-hetero) is 1. The fourth-order valence-corrected chi connectivity index (χ4v) is 3.84. The van der Waals surface area contributed by atoms with Crippen molar-refractivity contribution in [3.8, 4) is 0 Å². The van der Waals surface area contributed by atoms with Gasteiger partial charge in [-0.25, -0.2) is 4.39 Å². The first-order valence-corrected chi connectivity index (χ1v) is 8.56. The van der Waals surface area contributed by atoms with E-state index in [-0.39, 0.29) is 29.0 Å². The molecule has 25 heavy (non-hydrogen) atoms. The van der Waals surface area contributed by atoms with Gasteiger partial charge in [0.15, 0.2) is 0 Å². The van der Waals surface area contributed by atoms with Crippen molar-refractivity contribution in [2.45, 2.75) is 26.3 Å². The maximum Gasteiger partial charge on any atom is 0.145 e. The van der Waals surface area contributed by atoms with E-state index in [1.807, 2.05) is 24.3 Å². The summed E-state index contributed by atoms with van der Waals surface area (Å²) in [6, 6.07) is 14.1. The molecule has 2 atom stereocenters. The molecule has 2 aromatic rings. The van der Waals surface area contributed by atoms with Gasteiger partial charge < -0.3 is 10.6 Å². The zero-order valence-electron chi connectivity index (χ0n) is 14.3. The Morgan fingerprint density at radius 1 is 1.04 bits per heavy atom. The van der Waals surface area contributed by atoms with Crippen LogP contribution in [-0.4, -0.2) is 5.78 Å². The predicted octanol–water partition coefficient (Wildman–Crippen LogP) is 4.90. The standard InChI is InChI=1S/C21H21FN2O/c1-21(2)11-17-19(18(25)12-21)20(13-7-9-14(22)10-8-13)24-16-6-4-3-5-15(16)23-17/h3-11,19-20,23-24H,12H2,1-2H3. The van der Waals surface area contributed by atoms with E-state index in [0.29, 0.717) is 6.42 Å². The highest BCUT2D eigenvalue weighted by Crippen LogP contribution is 2.45. The lowest BCUT2D eigenvalue weighted by molar-refractivity contribution is -0.124. The molecule has 0 radical (unpaired) electrons. The summed E-state index contributed by atoms with van der Waals surface area (Å²) >= 11 is 0. The fraction of sp³-hybridized carbons (Fsp3) is 0.286. The molecule has 1 aliphatic heterocycles. The zero-order valence-corrected chi connectivity index (χ0v) is 14.3. The zero-order chi connectivity index (χ0) is 17.6. The lowest BCUT2D eigenvalue weighted by atomic mass is 9.72. The molecule has 4 heteroatoms. The summed E-state index contributed by atoms with van der Waals surface area (Å²) in [6.45, 7) is 4.15. The van der Waals surface area contributed by atoms with Crippen LogP contribution < -0.4 is 10.6 Å². The smallest absolute Gasteiger partial charge is 0.145 e. The van der Waals surface area contributed by atoms with E-state index in [0.717, 1.165) is 22.6 Å². The summed E-state index contributed by atoms with van der Waals surface area (Å²) in [4.78, 5) is 13.0. The van der Waals surface area contributed by atoms with Crippen LogP contribution in [0.3, 0.4) is 0 Å². The molecular formula is C21H21FN2O. The van der Waals surface area contributed by atoms with Crippen molar-refractivity contribution in [2.24, 2.45) is 11.3 Å². The Bertz CT molecular complexity index is 854. The topological polar surface area (TPSA) is 41.1 Å². The summed E-state index contributed by atoms with van der Waals surface area (Å²) < 4.78 is 13.4. The molecule has 3 nitrogen and oxygen atoms in total. The second kappa shape index (κ2) is 5.73. The summed E-state index contributed by atoms with van der Waals surface area (Å²) in [5.41, 5.74) is 3.55. The number of carbonyl (C=O) groups is 1. The van der Waals surface area contributed by atoms with E-state index in [9.17, 15) is 9.18 Å². The van der Waals surface area contributed by atoms with Crippen LogP contribution in [0.1, 0.15) is 31.9 Å². The minimum atomic E-state index is -0.314. The Hall–Kier alpha value is -2.62. The average Bonchev–Trinajstić information content (AvgIpc) is 2.70. The molecule has 2 aliphatic rings. The Kier molecular flexibility index (Phi) is 3.64. The van der Waals surface area contributed by atoms with Gasteiger partial charge >= 0.3 is 0 Å².